The van der Waals surface area contributed by atoms with E-state index in [9.17, 15) is 44.2 Å². The van der Waals surface area contributed by atoms with Crippen molar-refractivity contribution in [1.82, 2.24) is 9.62 Å². The largest absolute Gasteiger partial charge is 0.394 e. The molecule has 4 aliphatic rings. The van der Waals surface area contributed by atoms with Gasteiger partial charge in [0.2, 0.25) is 0 Å². The van der Waals surface area contributed by atoms with Crippen LogP contribution >= 0.6 is 0 Å². The number of amidine groups is 1. The lowest BCUT2D eigenvalue weighted by Gasteiger charge is -2.48. The number of benzene rings is 1. The van der Waals surface area contributed by atoms with Crippen molar-refractivity contribution in [2.45, 2.75) is 139 Å². The minimum absolute atomic E-state index is 0.0849. The average molecular weight is 848 g/mol. The van der Waals surface area contributed by atoms with Gasteiger partial charge in [0.05, 0.1) is 12.6 Å². The third-order valence-electron chi connectivity index (χ3n) is 11.2. The molecule has 0 amide bonds. The second kappa shape index (κ2) is 21.0. The zero-order valence-electron chi connectivity index (χ0n) is 33.7. The van der Waals surface area contributed by atoms with Crippen molar-refractivity contribution >= 4 is 20.8 Å². The van der Waals surface area contributed by atoms with Gasteiger partial charge in [-0.2, -0.15) is 0 Å². The van der Waals surface area contributed by atoms with Crippen molar-refractivity contribution in [3.05, 3.63) is 40.5 Å². The zero-order valence-corrected chi connectivity index (χ0v) is 34.6. The number of nitrogens with two attached hydrogens (primary N) is 4. The lowest BCUT2D eigenvalue weighted by Crippen LogP contribution is -2.68. The molecular weight excluding hydrogens is 783 g/mol. The highest BCUT2D eigenvalue weighted by molar-refractivity contribution is 8.00. The third-order valence-corrected chi connectivity index (χ3v) is 12.8. The Hall–Kier alpha value is -2.26. The molecule has 0 spiro atoms. The molecule has 1 aliphatic carbocycles. The highest BCUT2D eigenvalue weighted by atomic mass is 32.2. The molecule has 3 fully saturated rings. The Morgan fingerprint density at radius 3 is 1.97 bits per heavy atom. The topological polar surface area (TPSA) is 344 Å². The summed E-state index contributed by atoms with van der Waals surface area (Å²) in [7, 11) is -3.54. The smallest absolute Gasteiger partial charge is 0.264 e. The quantitative estimate of drug-likeness (QED) is 0.0838. The first-order chi connectivity index (χ1) is 27.3. The van der Waals surface area contributed by atoms with Crippen LogP contribution in [0.15, 0.2) is 28.8 Å². The summed E-state index contributed by atoms with van der Waals surface area (Å²) in [6.07, 6.45) is -15.5. The SMILES string of the molecule is CCN(CC)CCCN=C1NS(=O)(=O)C(c2ccc(C)c(C)c2)=C1C.NC[C@H]1O[C@H](O[C@H]2[C@H](O)[C@@H](O[C@H]3O[C@H](CO)[C@@H](O)[C@H](N)[C@H]3O)[C@H](N)C[C@@H]2N)[C@H](O)[C@@H](O)[C@@H]1O. The van der Waals surface area contributed by atoms with Crippen LogP contribution in [0.3, 0.4) is 0 Å². The van der Waals surface area contributed by atoms with Crippen molar-refractivity contribution in [1.29, 1.82) is 0 Å². The molecule has 58 heavy (non-hydrogen) atoms. The Morgan fingerprint density at radius 2 is 1.41 bits per heavy atom. The van der Waals surface area contributed by atoms with Crippen LogP contribution in [0.1, 0.15) is 50.3 Å². The molecule has 20 nitrogen and oxygen atoms in total. The van der Waals surface area contributed by atoms with Gasteiger partial charge in [0, 0.05) is 30.7 Å². The fraction of sp³-hybridized carbons (Fsp3) is 0.757. The van der Waals surface area contributed by atoms with Crippen LogP contribution in [-0.2, 0) is 29.0 Å². The first kappa shape index (κ1) is 48.4. The summed E-state index contributed by atoms with van der Waals surface area (Å²) in [5, 5.41) is 70.9. The van der Waals surface area contributed by atoms with Gasteiger partial charge in [-0.1, -0.05) is 32.0 Å². The monoisotopic (exact) mass is 847 g/mol. The molecule has 0 radical (unpaired) electrons. The molecule has 21 heteroatoms. The molecule has 16 N–H and O–H groups in total. The first-order valence-electron chi connectivity index (χ1n) is 19.7. The van der Waals surface area contributed by atoms with Crippen LogP contribution in [0.5, 0.6) is 0 Å². The van der Waals surface area contributed by atoms with E-state index in [2.05, 4.69) is 28.5 Å². The number of rotatable bonds is 13. The van der Waals surface area contributed by atoms with Crippen LogP contribution < -0.4 is 27.7 Å². The predicted molar refractivity (Wildman–Crippen MR) is 213 cm³/mol. The zero-order chi connectivity index (χ0) is 43.2. The van der Waals surface area contributed by atoms with Crippen LogP contribution in [0, 0.1) is 13.8 Å². The van der Waals surface area contributed by atoms with E-state index in [0.29, 0.717) is 22.9 Å². The van der Waals surface area contributed by atoms with Gasteiger partial charge in [-0.3, -0.25) is 9.71 Å². The maximum absolute atomic E-state index is 12.6. The molecule has 1 aromatic carbocycles. The lowest BCUT2D eigenvalue weighted by atomic mass is 9.84. The van der Waals surface area contributed by atoms with Gasteiger partial charge in [0.25, 0.3) is 10.0 Å². The Balaban J connectivity index is 0.000000267. The van der Waals surface area contributed by atoms with E-state index in [1.807, 2.05) is 39.0 Å². The summed E-state index contributed by atoms with van der Waals surface area (Å²) in [4.78, 5) is 7.18. The Kier molecular flexibility index (Phi) is 17.5. The Labute approximate surface area is 339 Å². The average Bonchev–Trinajstić information content (AvgIpc) is 3.42. The van der Waals surface area contributed by atoms with Gasteiger partial charge < -0.3 is 82.5 Å². The molecule has 1 saturated carbocycles. The molecule has 3 aliphatic heterocycles. The number of aliphatic imine (C=N–C) groups is 1. The van der Waals surface area contributed by atoms with Crippen LogP contribution in [0.2, 0.25) is 0 Å². The van der Waals surface area contributed by atoms with Crippen LogP contribution in [0.25, 0.3) is 4.91 Å². The van der Waals surface area contributed by atoms with E-state index in [-0.39, 0.29) is 13.0 Å². The van der Waals surface area contributed by atoms with E-state index in [4.69, 9.17) is 41.9 Å². The fourth-order valence-electron chi connectivity index (χ4n) is 7.39. The standard InChI is InChI=1S/C19H29N3O2S.C18H36N4O11/c1-6-22(7-2)12-8-11-20-19-16(5)18(25(23,24)21-19)17-10-9-14(3)15(4)13-17;19-2-6-10(25)12(27)13(28)18(30-6)33-16-5(21)1-4(20)15(14(16)29)32-17-11(26)8(22)9(24)7(3-23)31-17/h9-10,13H,6-8,11-12H2,1-5H3,(H,20,21);4-18,23-29H,1-3,19-22H2/t;4-,5+,6-,7-,8+,9-,10-,11-,12+,13-,14-,15+,16-,17-,18-/m.1/s1. The molecule has 332 valence electrons. The first-order valence-corrected chi connectivity index (χ1v) is 21.2. The highest BCUT2D eigenvalue weighted by Gasteiger charge is 2.51. The van der Waals surface area contributed by atoms with Crippen LogP contribution in [-0.4, -0.2) is 186 Å². The summed E-state index contributed by atoms with van der Waals surface area (Å²) >= 11 is 0. The Bertz CT molecular complexity index is 1620. The van der Waals surface area contributed by atoms with E-state index < -0.39 is 108 Å². The molecule has 2 saturated heterocycles. The second-order valence-electron chi connectivity index (χ2n) is 15.3. The number of aliphatic hydroxyl groups is 7. The lowest BCUT2D eigenvalue weighted by molar-refractivity contribution is -0.332. The molecule has 15 atom stereocenters. The van der Waals surface area contributed by atoms with Gasteiger partial charge >= 0.3 is 0 Å². The maximum Gasteiger partial charge on any atom is 0.264 e. The third kappa shape index (κ3) is 11.0. The van der Waals surface area contributed by atoms with Crippen molar-refractivity contribution in [2.75, 3.05) is 39.3 Å². The van der Waals surface area contributed by atoms with Crippen molar-refractivity contribution < 1.29 is 63.1 Å². The summed E-state index contributed by atoms with van der Waals surface area (Å²) in [6, 6.07) is 2.89. The van der Waals surface area contributed by atoms with E-state index in [1.165, 1.54) is 0 Å². The number of hydrogen-bond acceptors (Lipinski definition) is 19. The van der Waals surface area contributed by atoms with Gasteiger partial charge in [0.1, 0.15) is 71.8 Å². The summed E-state index contributed by atoms with van der Waals surface area (Å²) < 4.78 is 49.9. The van der Waals surface area contributed by atoms with Gasteiger partial charge in [-0.25, -0.2) is 8.42 Å². The van der Waals surface area contributed by atoms with Gasteiger partial charge in [-0.15, -0.1) is 0 Å². The van der Waals surface area contributed by atoms with Crippen molar-refractivity contribution in [2.24, 2.45) is 27.9 Å². The molecule has 0 unspecified atom stereocenters. The minimum atomic E-state index is -3.54. The number of ether oxygens (including phenoxy) is 4. The molecular formula is C37H65N7O13S. The summed E-state index contributed by atoms with van der Waals surface area (Å²) in [5.74, 6) is 0.479. The van der Waals surface area contributed by atoms with E-state index >= 15 is 0 Å². The fourth-order valence-corrected chi connectivity index (χ4v) is 8.91. The van der Waals surface area contributed by atoms with Gasteiger partial charge in [-0.05, 0) is 69.9 Å². The molecule has 1 aromatic rings. The van der Waals surface area contributed by atoms with Crippen molar-refractivity contribution in [3.8, 4) is 0 Å². The predicted octanol–water partition coefficient (Wildman–Crippen LogP) is -4.19. The van der Waals surface area contributed by atoms with Crippen molar-refractivity contribution in [3.63, 3.8) is 0 Å². The Morgan fingerprint density at radius 1 is 0.828 bits per heavy atom. The number of aryl methyl sites for hydroxylation is 2. The number of aliphatic hydroxyl groups excluding tert-OH is 7. The molecule has 3 heterocycles. The van der Waals surface area contributed by atoms with Crippen LogP contribution in [0.4, 0.5) is 0 Å². The molecule has 0 bridgehead atoms. The summed E-state index contributed by atoms with van der Waals surface area (Å²) in [6.45, 7) is 13.0. The van der Waals surface area contributed by atoms with Gasteiger partial charge in [0.15, 0.2) is 12.6 Å². The molecule has 5 rings (SSSR count). The number of nitrogens with zero attached hydrogens (tertiary/aromatic N) is 2. The maximum atomic E-state index is 12.6. The van der Waals surface area contributed by atoms with E-state index in [1.54, 1.807) is 0 Å². The number of nitrogens with one attached hydrogen (secondary N) is 1. The molecule has 0 aromatic heterocycles. The second-order valence-corrected chi connectivity index (χ2v) is 16.9. The number of sulfonamides is 1. The normalized spacial score (nSPS) is 38.4. The number of hydrogen-bond donors (Lipinski definition) is 12. The van der Waals surface area contributed by atoms with E-state index in [0.717, 1.165) is 42.7 Å². The minimum Gasteiger partial charge on any atom is -0.394 e. The summed E-state index contributed by atoms with van der Waals surface area (Å²) in [5.41, 5.74) is 27.2. The highest BCUT2D eigenvalue weighted by Crippen LogP contribution is 2.33.